The molecule has 0 radical (unpaired) electrons. The van der Waals surface area contributed by atoms with Crippen molar-refractivity contribution in [2.75, 3.05) is 22.9 Å². The van der Waals surface area contributed by atoms with Gasteiger partial charge in [0.2, 0.25) is 5.91 Å². The van der Waals surface area contributed by atoms with Crippen LogP contribution >= 0.6 is 11.6 Å². The van der Waals surface area contributed by atoms with Gasteiger partial charge in [0.15, 0.2) is 6.10 Å². The second-order valence-electron chi connectivity index (χ2n) is 7.01. The molecule has 2 aliphatic rings. The van der Waals surface area contributed by atoms with E-state index in [1.54, 1.807) is 30.0 Å². The van der Waals surface area contributed by atoms with Crippen molar-refractivity contribution in [2.45, 2.75) is 32.3 Å². The minimum absolute atomic E-state index is 0.0916. The van der Waals surface area contributed by atoms with Crippen LogP contribution in [0.25, 0.3) is 0 Å². The molecule has 2 aromatic carbocycles. The zero-order valence-electron chi connectivity index (χ0n) is 15.5. The number of rotatable bonds is 3. The van der Waals surface area contributed by atoms with E-state index < -0.39 is 11.9 Å². The van der Waals surface area contributed by atoms with Crippen LogP contribution in [0.2, 0.25) is 5.02 Å². The summed E-state index contributed by atoms with van der Waals surface area (Å²) in [7, 11) is 0. The SMILES string of the molecule is CC1Oc2ccccc2N(CCC(=O)N2CCCc3cc(Cl)cc(F)c32)C1=O. The van der Waals surface area contributed by atoms with Crippen molar-refractivity contribution in [1.82, 2.24) is 0 Å². The number of aryl methyl sites for hydroxylation is 1. The van der Waals surface area contributed by atoms with E-state index in [4.69, 9.17) is 16.3 Å². The summed E-state index contributed by atoms with van der Waals surface area (Å²) in [4.78, 5) is 28.5. The molecule has 1 atom stereocenters. The third kappa shape index (κ3) is 3.33. The lowest BCUT2D eigenvalue weighted by atomic mass is 10.0. The zero-order chi connectivity index (χ0) is 19.8. The third-order valence-corrected chi connectivity index (χ3v) is 5.35. The Morgan fingerprint density at radius 1 is 1.32 bits per heavy atom. The topological polar surface area (TPSA) is 49.9 Å². The quantitative estimate of drug-likeness (QED) is 0.780. The highest BCUT2D eigenvalue weighted by atomic mass is 35.5. The number of hydrogen-bond acceptors (Lipinski definition) is 3. The molecule has 0 saturated carbocycles. The maximum Gasteiger partial charge on any atom is 0.267 e. The van der Waals surface area contributed by atoms with Crippen LogP contribution in [0, 0.1) is 5.82 Å². The number of anilines is 2. The molecule has 2 heterocycles. The van der Waals surface area contributed by atoms with E-state index in [1.807, 2.05) is 12.1 Å². The van der Waals surface area contributed by atoms with Crippen molar-refractivity contribution >= 4 is 34.8 Å². The van der Waals surface area contributed by atoms with E-state index in [1.165, 1.54) is 11.0 Å². The van der Waals surface area contributed by atoms with Crippen LogP contribution in [-0.4, -0.2) is 31.0 Å². The lowest BCUT2D eigenvalue weighted by Crippen LogP contribution is -2.46. The van der Waals surface area contributed by atoms with Crippen LogP contribution in [-0.2, 0) is 16.0 Å². The van der Waals surface area contributed by atoms with E-state index in [-0.39, 0.29) is 24.8 Å². The first kappa shape index (κ1) is 18.7. The average molecular weight is 403 g/mol. The van der Waals surface area contributed by atoms with E-state index >= 15 is 0 Å². The van der Waals surface area contributed by atoms with E-state index in [0.29, 0.717) is 35.1 Å². The minimum atomic E-state index is -0.611. The predicted molar refractivity (Wildman–Crippen MR) is 106 cm³/mol. The monoisotopic (exact) mass is 402 g/mol. The maximum atomic E-state index is 14.5. The molecule has 0 spiro atoms. The predicted octanol–water partition coefficient (Wildman–Crippen LogP) is 3.96. The summed E-state index contributed by atoms with van der Waals surface area (Å²) in [6.45, 7) is 2.35. The fourth-order valence-electron chi connectivity index (χ4n) is 3.83. The van der Waals surface area contributed by atoms with Crippen LogP contribution in [0.5, 0.6) is 5.75 Å². The van der Waals surface area contributed by atoms with Gasteiger partial charge in [-0.2, -0.15) is 0 Å². The summed E-state index contributed by atoms with van der Waals surface area (Å²) in [5, 5.41) is 0.329. The first-order valence-electron chi connectivity index (χ1n) is 9.31. The molecule has 2 aromatic rings. The summed E-state index contributed by atoms with van der Waals surface area (Å²) in [5.74, 6) is -0.280. The molecule has 0 aromatic heterocycles. The van der Waals surface area contributed by atoms with Crippen molar-refractivity contribution in [3.05, 3.63) is 52.8 Å². The molecule has 7 heteroatoms. The standard InChI is InChI=1S/C21H20ClFN2O3/c1-13-21(27)24(17-6-2-3-7-18(17)28-13)10-8-19(26)25-9-4-5-14-11-15(22)12-16(23)20(14)25/h2-3,6-7,11-13H,4-5,8-10H2,1H3. The first-order valence-corrected chi connectivity index (χ1v) is 9.69. The molecule has 0 saturated heterocycles. The summed E-state index contributed by atoms with van der Waals surface area (Å²) >= 11 is 5.95. The second kappa shape index (κ2) is 7.43. The van der Waals surface area contributed by atoms with Gasteiger partial charge in [-0.25, -0.2) is 4.39 Å². The molecule has 28 heavy (non-hydrogen) atoms. The van der Waals surface area contributed by atoms with Gasteiger partial charge in [0.1, 0.15) is 11.6 Å². The Morgan fingerprint density at radius 2 is 2.11 bits per heavy atom. The van der Waals surface area contributed by atoms with E-state index in [0.717, 1.165) is 12.0 Å². The summed E-state index contributed by atoms with van der Waals surface area (Å²) in [6.07, 6.45) is 0.910. The molecule has 0 N–H and O–H groups in total. The molecule has 0 fully saturated rings. The van der Waals surface area contributed by atoms with Crippen molar-refractivity contribution in [3.63, 3.8) is 0 Å². The summed E-state index contributed by atoms with van der Waals surface area (Å²) in [6, 6.07) is 10.2. The number of amides is 2. The Labute approximate surface area is 167 Å². The number of carbonyl (C=O) groups is 2. The molecule has 5 nitrogen and oxygen atoms in total. The van der Waals surface area contributed by atoms with E-state index in [9.17, 15) is 14.0 Å². The molecule has 2 aliphatic heterocycles. The molecule has 1 unspecified atom stereocenters. The number of para-hydroxylation sites is 2. The number of benzene rings is 2. The summed E-state index contributed by atoms with van der Waals surface area (Å²) < 4.78 is 20.1. The summed E-state index contributed by atoms with van der Waals surface area (Å²) in [5.41, 5.74) is 1.70. The van der Waals surface area contributed by atoms with Crippen molar-refractivity contribution in [1.29, 1.82) is 0 Å². The lowest BCUT2D eigenvalue weighted by molar-refractivity contribution is -0.125. The maximum absolute atomic E-state index is 14.5. The van der Waals surface area contributed by atoms with Crippen molar-refractivity contribution in [2.24, 2.45) is 0 Å². The lowest BCUT2D eigenvalue weighted by Gasteiger charge is -2.34. The number of hydrogen-bond donors (Lipinski definition) is 0. The Balaban J connectivity index is 1.54. The van der Waals surface area contributed by atoms with Crippen LogP contribution < -0.4 is 14.5 Å². The van der Waals surface area contributed by atoms with Gasteiger partial charge in [-0.3, -0.25) is 9.59 Å². The molecule has 146 valence electrons. The Morgan fingerprint density at radius 3 is 2.93 bits per heavy atom. The molecule has 2 amide bonds. The van der Waals surface area contributed by atoms with E-state index in [2.05, 4.69) is 0 Å². The third-order valence-electron chi connectivity index (χ3n) is 5.13. The fourth-order valence-corrected chi connectivity index (χ4v) is 4.06. The van der Waals surface area contributed by atoms with Crippen LogP contribution in [0.15, 0.2) is 36.4 Å². The van der Waals surface area contributed by atoms with Crippen LogP contribution in [0.3, 0.4) is 0 Å². The number of ether oxygens (including phenoxy) is 1. The first-order chi connectivity index (χ1) is 13.5. The van der Waals surface area contributed by atoms with Gasteiger partial charge < -0.3 is 14.5 Å². The number of nitrogens with zero attached hydrogens (tertiary/aromatic N) is 2. The molecular formula is C21H20ClFN2O3. The molecule has 0 bridgehead atoms. The van der Waals surface area contributed by atoms with Gasteiger partial charge >= 0.3 is 0 Å². The molecule has 4 rings (SSSR count). The molecular weight excluding hydrogens is 383 g/mol. The highest BCUT2D eigenvalue weighted by Gasteiger charge is 2.32. The van der Waals surface area contributed by atoms with Gasteiger partial charge in [-0.1, -0.05) is 23.7 Å². The van der Waals surface area contributed by atoms with Gasteiger partial charge in [0.05, 0.1) is 11.4 Å². The normalized spacial score (nSPS) is 18.4. The number of fused-ring (bicyclic) bond motifs is 2. The highest BCUT2D eigenvalue weighted by molar-refractivity contribution is 6.30. The second-order valence-corrected chi connectivity index (χ2v) is 7.45. The number of halogens is 2. The van der Waals surface area contributed by atoms with Crippen LogP contribution in [0.4, 0.5) is 15.8 Å². The smallest absolute Gasteiger partial charge is 0.267 e. The average Bonchev–Trinajstić information content (AvgIpc) is 2.67. The minimum Gasteiger partial charge on any atom is -0.479 e. The van der Waals surface area contributed by atoms with Gasteiger partial charge in [-0.05, 0) is 49.6 Å². The fraction of sp³-hybridized carbons (Fsp3) is 0.333. The van der Waals surface area contributed by atoms with Crippen molar-refractivity contribution in [3.8, 4) is 5.75 Å². The highest BCUT2D eigenvalue weighted by Crippen LogP contribution is 2.35. The Kier molecular flexibility index (Phi) is 4.98. The molecule has 0 aliphatic carbocycles. The van der Waals surface area contributed by atoms with Crippen molar-refractivity contribution < 1.29 is 18.7 Å². The number of carbonyl (C=O) groups excluding carboxylic acids is 2. The van der Waals surface area contributed by atoms with Crippen LogP contribution in [0.1, 0.15) is 25.3 Å². The largest absolute Gasteiger partial charge is 0.479 e. The van der Waals surface area contributed by atoms with Gasteiger partial charge in [0, 0.05) is 24.5 Å². The Bertz CT molecular complexity index is 949. The van der Waals surface area contributed by atoms with Gasteiger partial charge in [0.25, 0.3) is 5.91 Å². The Hall–Kier alpha value is -2.60. The van der Waals surface area contributed by atoms with Gasteiger partial charge in [-0.15, -0.1) is 0 Å². The zero-order valence-corrected chi connectivity index (χ0v) is 16.2.